The van der Waals surface area contributed by atoms with Crippen molar-refractivity contribution in [3.8, 4) is 0 Å². The van der Waals surface area contributed by atoms with Gasteiger partial charge in [0.1, 0.15) is 0 Å². The second-order valence-corrected chi connectivity index (χ2v) is 15.6. The minimum Gasteiger partial charge on any atom is -0.428 e. The molecule has 3 heteroatoms. The van der Waals surface area contributed by atoms with Gasteiger partial charge in [0.25, 0.3) is 0 Å². The third-order valence-electron chi connectivity index (χ3n) is 3.37. The fourth-order valence-corrected chi connectivity index (χ4v) is 12.5. The summed E-state index contributed by atoms with van der Waals surface area (Å²) in [6.07, 6.45) is 1.06. The van der Waals surface area contributed by atoms with E-state index < -0.39 is 16.4 Å². The highest BCUT2D eigenvalue weighted by atomic mass is 28.4. The molecular formula is C14H22OSi2. The smallest absolute Gasteiger partial charge is 0.206 e. The third kappa shape index (κ3) is 2.32. The first kappa shape index (κ1) is 12.8. The molecule has 0 amide bonds. The summed E-state index contributed by atoms with van der Waals surface area (Å²) in [5, 5.41) is 0. The molecule has 0 heterocycles. The summed E-state index contributed by atoms with van der Waals surface area (Å²) in [7, 11) is -3.61. The maximum absolute atomic E-state index is 10.6. The van der Waals surface area contributed by atoms with Gasteiger partial charge in [0, 0.05) is 0 Å². The van der Waals surface area contributed by atoms with Crippen molar-refractivity contribution in [1.82, 2.24) is 0 Å². The lowest BCUT2D eigenvalue weighted by Gasteiger charge is -2.37. The number of benzene rings is 1. The van der Waals surface area contributed by atoms with Gasteiger partial charge in [0.2, 0.25) is 8.32 Å². The third-order valence-corrected chi connectivity index (χ3v) is 10.8. The van der Waals surface area contributed by atoms with Gasteiger partial charge in [-0.15, -0.1) is 0 Å². The molecular weight excluding hydrogens is 240 g/mol. The first-order valence-corrected chi connectivity index (χ1v) is 12.7. The minimum atomic E-state index is -2.18. The zero-order valence-corrected chi connectivity index (χ0v) is 13.5. The summed E-state index contributed by atoms with van der Waals surface area (Å²) < 4.78 is 0. The van der Waals surface area contributed by atoms with Crippen LogP contribution in [0.2, 0.25) is 32.7 Å². The maximum Gasteiger partial charge on any atom is 0.206 e. The maximum atomic E-state index is 10.6. The van der Waals surface area contributed by atoms with Gasteiger partial charge in [-0.1, -0.05) is 48.7 Å². The summed E-state index contributed by atoms with van der Waals surface area (Å²) >= 11 is 0. The number of rotatable bonds is 2. The van der Waals surface area contributed by atoms with E-state index in [1.807, 2.05) is 0 Å². The molecule has 0 fully saturated rings. The molecule has 1 aliphatic carbocycles. The lowest BCUT2D eigenvalue weighted by molar-refractivity contribution is 0.565. The van der Waals surface area contributed by atoms with E-state index in [0.717, 1.165) is 6.42 Å². The Bertz CT molecular complexity index is 460. The largest absolute Gasteiger partial charge is 0.428 e. The van der Waals surface area contributed by atoms with Gasteiger partial charge in [-0.3, -0.25) is 0 Å². The monoisotopic (exact) mass is 262 g/mol. The zero-order valence-electron chi connectivity index (χ0n) is 11.5. The van der Waals surface area contributed by atoms with E-state index in [1.165, 1.54) is 21.5 Å². The van der Waals surface area contributed by atoms with E-state index in [1.54, 1.807) is 0 Å². The average Bonchev–Trinajstić information content (AvgIpc) is 2.10. The topological polar surface area (TPSA) is 20.2 Å². The summed E-state index contributed by atoms with van der Waals surface area (Å²) in [4.78, 5) is 12.0. The highest BCUT2D eigenvalue weighted by Gasteiger charge is 2.38. The first-order valence-electron chi connectivity index (χ1n) is 6.26. The molecule has 92 valence electrons. The first-order chi connectivity index (χ1) is 7.71. The Kier molecular flexibility index (Phi) is 2.96. The molecule has 0 saturated heterocycles. The molecule has 1 aliphatic rings. The van der Waals surface area contributed by atoms with Crippen molar-refractivity contribution in [2.45, 2.75) is 39.2 Å². The zero-order chi connectivity index (χ0) is 12.8. The second-order valence-electron chi connectivity index (χ2n) is 6.50. The van der Waals surface area contributed by atoms with Gasteiger partial charge in [-0.25, -0.2) is 0 Å². The molecule has 1 aromatic rings. The van der Waals surface area contributed by atoms with Crippen molar-refractivity contribution in [2.24, 2.45) is 0 Å². The predicted octanol–water partition coefficient (Wildman–Crippen LogP) is 3.61. The van der Waals surface area contributed by atoms with Crippen LogP contribution in [-0.4, -0.2) is 21.2 Å². The van der Waals surface area contributed by atoms with Crippen molar-refractivity contribution in [1.29, 1.82) is 0 Å². The van der Waals surface area contributed by atoms with E-state index in [9.17, 15) is 4.80 Å². The molecule has 0 spiro atoms. The van der Waals surface area contributed by atoms with Crippen LogP contribution in [0.25, 0.3) is 5.57 Å². The Hall–Kier alpha value is -0.646. The van der Waals surface area contributed by atoms with Crippen LogP contribution in [0.15, 0.2) is 29.1 Å². The quantitative estimate of drug-likeness (QED) is 0.807. The van der Waals surface area contributed by atoms with Gasteiger partial charge in [-0.05, 0) is 36.2 Å². The second kappa shape index (κ2) is 3.93. The minimum absolute atomic E-state index is 1.06. The van der Waals surface area contributed by atoms with Crippen LogP contribution < -0.4 is 0 Å². The molecule has 0 saturated carbocycles. The van der Waals surface area contributed by atoms with Crippen molar-refractivity contribution in [3.63, 3.8) is 0 Å². The highest BCUT2D eigenvalue weighted by molar-refractivity contribution is 7.03. The standard InChI is InChI=1S/C14H22OSi2/c1-16(2,3)14(17(4,5)15)13-10-11-8-6-7-9-12(11)13/h6-9,15H,10H2,1-5H3/b14-13+. The molecule has 0 atom stereocenters. The molecule has 0 aromatic heterocycles. The Morgan fingerprint density at radius 1 is 1.06 bits per heavy atom. The molecule has 1 nitrogen and oxygen atoms in total. The molecule has 0 bridgehead atoms. The average molecular weight is 263 g/mol. The summed E-state index contributed by atoms with van der Waals surface area (Å²) in [5.41, 5.74) is 4.29. The normalized spacial score (nSPS) is 18.5. The number of hydrogen-bond donors (Lipinski definition) is 1. The van der Waals surface area contributed by atoms with E-state index in [-0.39, 0.29) is 0 Å². The van der Waals surface area contributed by atoms with Crippen LogP contribution >= 0.6 is 0 Å². The molecule has 1 aromatic carbocycles. The van der Waals surface area contributed by atoms with E-state index >= 15 is 0 Å². The van der Waals surface area contributed by atoms with Gasteiger partial charge in [0.15, 0.2) is 0 Å². The van der Waals surface area contributed by atoms with E-state index in [0.29, 0.717) is 0 Å². The van der Waals surface area contributed by atoms with Gasteiger partial charge in [-0.2, -0.15) is 0 Å². The fraction of sp³-hybridized carbons (Fsp3) is 0.429. The van der Waals surface area contributed by atoms with E-state index in [4.69, 9.17) is 0 Å². The molecule has 0 unspecified atom stereocenters. The van der Waals surface area contributed by atoms with Crippen LogP contribution in [0, 0.1) is 0 Å². The van der Waals surface area contributed by atoms with Crippen LogP contribution in [0.1, 0.15) is 11.1 Å². The highest BCUT2D eigenvalue weighted by Crippen LogP contribution is 2.41. The van der Waals surface area contributed by atoms with E-state index in [2.05, 4.69) is 57.0 Å². The Labute approximate surface area is 106 Å². The van der Waals surface area contributed by atoms with Crippen molar-refractivity contribution in [3.05, 3.63) is 40.2 Å². The van der Waals surface area contributed by atoms with Crippen molar-refractivity contribution in [2.75, 3.05) is 0 Å². The summed E-state index contributed by atoms with van der Waals surface area (Å²) in [5.74, 6) is 0. The molecule has 1 N–H and O–H groups in total. The van der Waals surface area contributed by atoms with Crippen LogP contribution in [0.3, 0.4) is 0 Å². The molecule has 0 aliphatic heterocycles. The van der Waals surface area contributed by atoms with Crippen molar-refractivity contribution < 1.29 is 4.80 Å². The summed E-state index contributed by atoms with van der Waals surface area (Å²) in [6, 6.07) is 8.61. The summed E-state index contributed by atoms with van der Waals surface area (Å²) in [6.45, 7) is 11.2. The van der Waals surface area contributed by atoms with Crippen LogP contribution in [0.4, 0.5) is 0 Å². The lowest BCUT2D eigenvalue weighted by Crippen LogP contribution is -2.44. The predicted molar refractivity (Wildman–Crippen MR) is 80.1 cm³/mol. The number of hydrogen-bond acceptors (Lipinski definition) is 1. The van der Waals surface area contributed by atoms with Crippen molar-refractivity contribution >= 4 is 22.0 Å². The molecule has 0 radical (unpaired) electrons. The number of allylic oxidation sites excluding steroid dienone is 1. The Morgan fingerprint density at radius 3 is 2.12 bits per heavy atom. The molecule has 2 rings (SSSR count). The molecule has 17 heavy (non-hydrogen) atoms. The number of fused-ring (bicyclic) bond motifs is 1. The Balaban J connectivity index is 2.58. The van der Waals surface area contributed by atoms with Gasteiger partial charge < -0.3 is 4.80 Å². The fourth-order valence-electron chi connectivity index (χ4n) is 3.11. The Morgan fingerprint density at radius 2 is 1.65 bits per heavy atom. The van der Waals surface area contributed by atoms with Gasteiger partial charge in [0.05, 0.1) is 8.07 Å². The van der Waals surface area contributed by atoms with Crippen LogP contribution in [-0.2, 0) is 6.42 Å². The SMILES string of the molecule is C[Si](C)(C)/C(=C1/Cc2ccccc21)[Si](C)(C)O. The van der Waals surface area contributed by atoms with Gasteiger partial charge >= 0.3 is 0 Å². The lowest BCUT2D eigenvalue weighted by atomic mass is 9.84. The van der Waals surface area contributed by atoms with Crippen LogP contribution in [0.5, 0.6) is 0 Å².